The van der Waals surface area contributed by atoms with Crippen LogP contribution in [0.25, 0.3) is 70.1 Å². The highest BCUT2D eigenvalue weighted by molar-refractivity contribution is 7.26. The lowest BCUT2D eigenvalue weighted by Gasteiger charge is -2.38. The van der Waals surface area contributed by atoms with Gasteiger partial charge in [-0.25, -0.2) is 9.97 Å². The Morgan fingerprint density at radius 3 is 2.08 bits per heavy atom. The monoisotopic (exact) mass is 672 g/mol. The highest BCUT2D eigenvalue weighted by atomic mass is 32.1. The Labute approximate surface area is 295 Å². The Hall–Kier alpha value is -6.70. The van der Waals surface area contributed by atoms with E-state index < -0.39 is 0 Å². The second-order valence-corrected chi connectivity index (χ2v) is 14.0. The second kappa shape index (κ2) is 9.94. The molecule has 0 bridgehead atoms. The maximum Gasteiger partial charge on any atom is 0.235 e. The maximum absolute atomic E-state index is 6.94. The number of rotatable bonds is 2. The molecule has 2 aliphatic rings. The number of benzene rings is 7. The molecule has 6 nitrogen and oxygen atoms in total. The average Bonchev–Trinajstić information content (AvgIpc) is 3.73. The molecule has 12 rings (SSSR count). The molecule has 0 fully saturated rings. The lowest BCUT2D eigenvalue weighted by atomic mass is 10.0. The molecule has 0 spiro atoms. The molecule has 5 heterocycles. The molecule has 0 radical (unpaired) electrons. The van der Waals surface area contributed by atoms with Crippen LogP contribution in [0.15, 0.2) is 146 Å². The number of hydrogen-bond donors (Lipinski definition) is 0. The number of anilines is 3. The Balaban J connectivity index is 1.20. The van der Waals surface area contributed by atoms with Crippen molar-refractivity contribution < 1.29 is 9.47 Å². The number of hydrogen-bond acceptors (Lipinski definition) is 6. The van der Waals surface area contributed by atoms with Gasteiger partial charge in [0.05, 0.1) is 28.1 Å². The molecule has 0 saturated heterocycles. The molecule has 51 heavy (non-hydrogen) atoms. The van der Waals surface area contributed by atoms with E-state index in [-0.39, 0.29) is 0 Å². The quantitative estimate of drug-likeness (QED) is 0.183. The number of thiophene rings is 1. The van der Waals surface area contributed by atoms with Crippen LogP contribution in [0, 0.1) is 0 Å². The minimum Gasteiger partial charge on any atom is -0.453 e. The van der Waals surface area contributed by atoms with Crippen molar-refractivity contribution in [3.63, 3.8) is 0 Å². The molecule has 238 valence electrons. The van der Waals surface area contributed by atoms with E-state index in [1.54, 1.807) is 0 Å². The summed E-state index contributed by atoms with van der Waals surface area (Å²) in [7, 11) is 0. The molecular weight excluding hydrogens is 649 g/mol. The van der Waals surface area contributed by atoms with Gasteiger partial charge in [0.25, 0.3) is 0 Å². The van der Waals surface area contributed by atoms with Crippen molar-refractivity contribution >= 4 is 81.3 Å². The number of fused-ring (bicyclic) bond motifs is 12. The third-order valence-corrected chi connectivity index (χ3v) is 11.4. The van der Waals surface area contributed by atoms with Crippen molar-refractivity contribution in [2.45, 2.75) is 0 Å². The molecule has 0 unspecified atom stereocenters. The first-order chi connectivity index (χ1) is 25.3. The van der Waals surface area contributed by atoms with Crippen molar-refractivity contribution in [2.75, 3.05) is 4.90 Å². The van der Waals surface area contributed by atoms with Crippen LogP contribution in [-0.2, 0) is 0 Å². The van der Waals surface area contributed by atoms with Crippen molar-refractivity contribution in [3.05, 3.63) is 146 Å². The molecule has 0 amide bonds. The van der Waals surface area contributed by atoms with E-state index in [9.17, 15) is 0 Å². The SMILES string of the molecule is c1ccc2c(c1)Oc1cc3c4ccccc4n(-c4nc(-c5cccc6c5sc5ccccc56)c5ccccc5n4)c3c3c1N2c1ccccc1O3. The van der Waals surface area contributed by atoms with Crippen LogP contribution in [0.1, 0.15) is 0 Å². The van der Waals surface area contributed by atoms with Gasteiger partial charge in [-0.2, -0.15) is 0 Å². The Kier molecular flexibility index (Phi) is 5.29. The number of aromatic nitrogens is 3. The van der Waals surface area contributed by atoms with E-state index in [4.69, 9.17) is 19.4 Å². The van der Waals surface area contributed by atoms with Crippen LogP contribution < -0.4 is 14.4 Å². The fourth-order valence-corrected chi connectivity index (χ4v) is 9.23. The summed E-state index contributed by atoms with van der Waals surface area (Å²) in [4.78, 5) is 13.0. The first kappa shape index (κ1) is 27.2. The predicted molar refractivity (Wildman–Crippen MR) is 207 cm³/mol. The fraction of sp³-hybridized carbons (Fsp3) is 0. The van der Waals surface area contributed by atoms with Gasteiger partial charge in [-0.3, -0.25) is 9.47 Å². The Morgan fingerprint density at radius 2 is 1.22 bits per heavy atom. The number of nitrogens with zero attached hydrogens (tertiary/aromatic N) is 4. The molecule has 7 heteroatoms. The molecule has 0 N–H and O–H groups in total. The molecule has 3 aromatic heterocycles. The summed E-state index contributed by atoms with van der Waals surface area (Å²) in [6.07, 6.45) is 0. The van der Waals surface area contributed by atoms with E-state index in [0.717, 1.165) is 78.3 Å². The van der Waals surface area contributed by atoms with Gasteiger partial charge >= 0.3 is 0 Å². The zero-order valence-corrected chi connectivity index (χ0v) is 27.7. The summed E-state index contributed by atoms with van der Waals surface area (Å²) in [5.74, 6) is 3.60. The summed E-state index contributed by atoms with van der Waals surface area (Å²) in [6.45, 7) is 0. The highest BCUT2D eigenvalue weighted by Crippen LogP contribution is 2.62. The van der Waals surface area contributed by atoms with Gasteiger partial charge in [-0.1, -0.05) is 97.1 Å². The Bertz CT molecular complexity index is 3110. The van der Waals surface area contributed by atoms with Crippen LogP contribution in [0.2, 0.25) is 0 Å². The summed E-state index contributed by atoms with van der Waals surface area (Å²) in [5.41, 5.74) is 7.52. The van der Waals surface area contributed by atoms with Crippen LogP contribution in [0.5, 0.6) is 23.0 Å². The van der Waals surface area contributed by atoms with Gasteiger partial charge in [-0.05, 0) is 48.5 Å². The fourth-order valence-electron chi connectivity index (χ4n) is 8.01. The molecule has 0 atom stereocenters. The maximum atomic E-state index is 6.94. The topological polar surface area (TPSA) is 52.4 Å². The van der Waals surface area contributed by atoms with E-state index in [2.05, 4.69) is 113 Å². The van der Waals surface area contributed by atoms with Gasteiger partial charge in [0.2, 0.25) is 5.95 Å². The summed E-state index contributed by atoms with van der Waals surface area (Å²) in [6, 6.07) is 50.4. The average molecular weight is 673 g/mol. The van der Waals surface area contributed by atoms with E-state index >= 15 is 0 Å². The van der Waals surface area contributed by atoms with E-state index in [0.29, 0.717) is 11.7 Å². The number of ether oxygens (including phenoxy) is 2. The van der Waals surface area contributed by atoms with Crippen LogP contribution >= 0.6 is 11.3 Å². The summed E-state index contributed by atoms with van der Waals surface area (Å²) in [5, 5.41) is 5.57. The zero-order chi connectivity index (χ0) is 33.2. The second-order valence-electron chi connectivity index (χ2n) is 12.9. The predicted octanol–water partition coefficient (Wildman–Crippen LogP) is 12.4. The smallest absolute Gasteiger partial charge is 0.235 e. The standard InChI is InChI=1S/C44H24N4O2S/c1-4-17-31-28(14-1)39(29-16-11-15-27-26-13-3-10-23-38(26)51-43(27)29)46-44(45-31)48-32-18-5-2-12-25(32)30-24-37-41-42(40(30)48)50-36-22-9-7-20-34(36)47(41)33-19-6-8-21-35(33)49-37/h1-24H. The van der Waals surface area contributed by atoms with E-state index in [1.165, 1.54) is 20.2 Å². The third-order valence-electron chi connectivity index (χ3n) is 10.2. The van der Waals surface area contributed by atoms with Gasteiger partial charge in [0.15, 0.2) is 23.0 Å². The van der Waals surface area contributed by atoms with Crippen LogP contribution in [0.4, 0.5) is 17.1 Å². The largest absolute Gasteiger partial charge is 0.453 e. The molecular formula is C44H24N4O2S. The summed E-state index contributed by atoms with van der Waals surface area (Å²) >= 11 is 1.81. The van der Waals surface area contributed by atoms with Gasteiger partial charge in [0.1, 0.15) is 11.2 Å². The Morgan fingerprint density at radius 1 is 0.529 bits per heavy atom. The first-order valence-corrected chi connectivity index (χ1v) is 17.7. The summed E-state index contributed by atoms with van der Waals surface area (Å²) < 4.78 is 18.2. The zero-order valence-electron chi connectivity index (χ0n) is 26.9. The molecule has 2 aliphatic heterocycles. The van der Waals surface area contributed by atoms with Crippen molar-refractivity contribution in [1.82, 2.24) is 14.5 Å². The third kappa shape index (κ3) is 3.65. The van der Waals surface area contributed by atoms with Crippen molar-refractivity contribution in [3.8, 4) is 40.2 Å². The van der Waals surface area contributed by atoms with Crippen LogP contribution in [-0.4, -0.2) is 14.5 Å². The number of para-hydroxylation sites is 6. The first-order valence-electron chi connectivity index (χ1n) is 16.9. The van der Waals surface area contributed by atoms with Crippen molar-refractivity contribution in [2.24, 2.45) is 0 Å². The van der Waals surface area contributed by atoms with Gasteiger partial charge in [0, 0.05) is 41.9 Å². The molecule has 7 aromatic carbocycles. The minimum absolute atomic E-state index is 0.579. The van der Waals surface area contributed by atoms with E-state index in [1.807, 2.05) is 53.8 Å². The molecule has 0 aliphatic carbocycles. The highest BCUT2D eigenvalue weighted by Gasteiger charge is 2.37. The normalized spacial score (nSPS) is 13.0. The van der Waals surface area contributed by atoms with Gasteiger partial charge < -0.3 is 9.47 Å². The molecule has 0 saturated carbocycles. The van der Waals surface area contributed by atoms with Crippen molar-refractivity contribution in [1.29, 1.82) is 0 Å². The van der Waals surface area contributed by atoms with Crippen LogP contribution in [0.3, 0.4) is 0 Å². The van der Waals surface area contributed by atoms with Gasteiger partial charge in [-0.15, -0.1) is 11.3 Å². The lowest BCUT2D eigenvalue weighted by Crippen LogP contribution is -2.20. The molecule has 10 aromatic rings. The minimum atomic E-state index is 0.579. The lowest BCUT2D eigenvalue weighted by molar-refractivity contribution is 0.449.